The summed E-state index contributed by atoms with van der Waals surface area (Å²) < 4.78 is 26.0. The first-order valence-corrected chi connectivity index (χ1v) is 6.46. The first-order valence-electron chi connectivity index (χ1n) is 4.98. The molecular formula is C10H12N4O2S. The zero-order valence-corrected chi connectivity index (χ0v) is 10.0. The van der Waals surface area contributed by atoms with Crippen molar-refractivity contribution in [2.24, 2.45) is 0 Å². The minimum Gasteiger partial charge on any atom is -0.266 e. The number of hydrogen-bond donors (Lipinski definition) is 2. The zero-order valence-electron chi connectivity index (χ0n) is 9.21. The summed E-state index contributed by atoms with van der Waals surface area (Å²) in [5.41, 5.74) is 1.84. The Balaban J connectivity index is 2.12. The predicted octanol–water partition coefficient (Wildman–Crippen LogP) is 0.592. The van der Waals surface area contributed by atoms with Crippen molar-refractivity contribution in [3.8, 4) is 0 Å². The first-order chi connectivity index (χ1) is 8.09. The van der Waals surface area contributed by atoms with Crippen LogP contribution in [0.15, 0.2) is 35.7 Å². The minimum absolute atomic E-state index is 0.0547. The van der Waals surface area contributed by atoms with Crippen molar-refractivity contribution < 1.29 is 8.42 Å². The lowest BCUT2D eigenvalue weighted by Crippen LogP contribution is -2.24. The molecule has 0 unspecified atom stereocenters. The fourth-order valence-electron chi connectivity index (χ4n) is 1.33. The van der Waals surface area contributed by atoms with Crippen LogP contribution in [-0.4, -0.2) is 23.6 Å². The molecule has 6 nitrogen and oxygen atoms in total. The Hall–Kier alpha value is -1.73. The molecule has 0 spiro atoms. The topological polar surface area (TPSA) is 87.7 Å². The third-order valence-corrected chi connectivity index (χ3v) is 3.70. The van der Waals surface area contributed by atoms with E-state index in [0.29, 0.717) is 0 Å². The number of aryl methyl sites for hydroxylation is 1. The van der Waals surface area contributed by atoms with Crippen molar-refractivity contribution in [1.29, 1.82) is 0 Å². The highest BCUT2D eigenvalue weighted by Gasteiger charge is 2.15. The largest absolute Gasteiger partial charge is 0.266 e. The summed E-state index contributed by atoms with van der Waals surface area (Å²) in [6, 6.07) is 3.23. The summed E-state index contributed by atoms with van der Waals surface area (Å²) in [5.74, 6) is 0. The second-order valence-corrected chi connectivity index (χ2v) is 5.28. The van der Waals surface area contributed by atoms with E-state index < -0.39 is 10.0 Å². The van der Waals surface area contributed by atoms with E-state index in [2.05, 4.69) is 19.9 Å². The molecule has 2 heterocycles. The van der Waals surface area contributed by atoms with Crippen LogP contribution in [0.5, 0.6) is 0 Å². The molecule has 0 atom stereocenters. The highest BCUT2D eigenvalue weighted by Crippen LogP contribution is 2.07. The zero-order chi connectivity index (χ0) is 12.3. The molecule has 2 aromatic heterocycles. The van der Waals surface area contributed by atoms with Crippen LogP contribution in [-0.2, 0) is 16.6 Å². The van der Waals surface area contributed by atoms with Gasteiger partial charge in [0.05, 0.1) is 6.20 Å². The number of nitrogens with one attached hydrogen (secondary N) is 2. The third-order valence-electron chi connectivity index (χ3n) is 2.36. The number of aromatic amines is 1. The number of rotatable bonds is 4. The van der Waals surface area contributed by atoms with E-state index in [1.807, 2.05) is 13.0 Å². The third kappa shape index (κ3) is 2.69. The van der Waals surface area contributed by atoms with E-state index in [4.69, 9.17) is 0 Å². The smallest absolute Gasteiger partial charge is 0.257 e. The Bertz CT molecular complexity index is 593. The molecule has 0 amide bonds. The summed E-state index contributed by atoms with van der Waals surface area (Å²) in [6.07, 6.45) is 4.71. The second kappa shape index (κ2) is 4.64. The molecule has 2 aromatic rings. The molecule has 0 aliphatic carbocycles. The normalized spacial score (nSPS) is 11.6. The number of pyridine rings is 1. The molecule has 0 bridgehead atoms. The molecule has 0 radical (unpaired) electrons. The van der Waals surface area contributed by atoms with E-state index in [1.54, 1.807) is 12.4 Å². The summed E-state index contributed by atoms with van der Waals surface area (Å²) in [4.78, 5) is 3.95. The summed E-state index contributed by atoms with van der Waals surface area (Å²) in [5, 5.41) is 6.07. The number of aromatic nitrogens is 3. The highest BCUT2D eigenvalue weighted by atomic mass is 32.2. The highest BCUT2D eigenvalue weighted by molar-refractivity contribution is 7.89. The summed E-state index contributed by atoms with van der Waals surface area (Å²) in [7, 11) is -3.53. The van der Waals surface area contributed by atoms with Crippen LogP contribution in [0.3, 0.4) is 0 Å². The Morgan fingerprint density at radius 2 is 2.18 bits per heavy atom. The maximum Gasteiger partial charge on any atom is 0.257 e. The maximum absolute atomic E-state index is 11.8. The minimum atomic E-state index is -3.53. The van der Waals surface area contributed by atoms with Gasteiger partial charge in [-0.3, -0.25) is 10.1 Å². The number of hydrogen-bond acceptors (Lipinski definition) is 4. The van der Waals surface area contributed by atoms with E-state index in [9.17, 15) is 8.42 Å². The average Bonchev–Trinajstić information content (AvgIpc) is 2.82. The van der Waals surface area contributed by atoms with Crippen molar-refractivity contribution >= 4 is 10.0 Å². The lowest BCUT2D eigenvalue weighted by atomic mass is 10.2. The van der Waals surface area contributed by atoms with Crippen molar-refractivity contribution in [3.63, 3.8) is 0 Å². The fourth-order valence-corrected chi connectivity index (χ4v) is 2.24. The van der Waals surface area contributed by atoms with Gasteiger partial charge in [0.25, 0.3) is 10.0 Å². The molecule has 7 heteroatoms. The monoisotopic (exact) mass is 252 g/mol. The first kappa shape index (κ1) is 11.7. The Morgan fingerprint density at radius 1 is 1.35 bits per heavy atom. The van der Waals surface area contributed by atoms with E-state index in [-0.39, 0.29) is 11.6 Å². The van der Waals surface area contributed by atoms with Crippen molar-refractivity contribution in [2.75, 3.05) is 0 Å². The fraction of sp³-hybridized carbons (Fsp3) is 0.200. The van der Waals surface area contributed by atoms with Crippen LogP contribution in [0, 0.1) is 6.92 Å². The molecule has 0 aliphatic heterocycles. The second-order valence-electron chi connectivity index (χ2n) is 3.55. The molecular weight excluding hydrogens is 240 g/mol. The van der Waals surface area contributed by atoms with Crippen LogP contribution >= 0.6 is 0 Å². The van der Waals surface area contributed by atoms with E-state index in [0.717, 1.165) is 11.1 Å². The predicted molar refractivity (Wildman–Crippen MR) is 61.6 cm³/mol. The number of H-pyrrole nitrogens is 1. The van der Waals surface area contributed by atoms with Crippen LogP contribution < -0.4 is 4.72 Å². The Labute approximate surface area is 99.1 Å². The molecule has 2 N–H and O–H groups in total. The van der Waals surface area contributed by atoms with E-state index in [1.165, 1.54) is 12.3 Å². The van der Waals surface area contributed by atoms with Gasteiger partial charge in [0, 0.05) is 18.9 Å². The number of nitrogens with zero attached hydrogens (tertiary/aromatic N) is 2. The van der Waals surface area contributed by atoms with Crippen molar-refractivity contribution in [2.45, 2.75) is 18.5 Å². The van der Waals surface area contributed by atoms with E-state index >= 15 is 0 Å². The van der Waals surface area contributed by atoms with Crippen LogP contribution in [0.2, 0.25) is 0 Å². The molecule has 0 aliphatic rings. The quantitative estimate of drug-likeness (QED) is 0.833. The van der Waals surface area contributed by atoms with Gasteiger partial charge in [-0.15, -0.1) is 0 Å². The lowest BCUT2D eigenvalue weighted by Gasteiger charge is -2.06. The maximum atomic E-state index is 11.8. The van der Waals surface area contributed by atoms with Gasteiger partial charge in [0.1, 0.15) is 0 Å². The van der Waals surface area contributed by atoms with Crippen LogP contribution in [0.4, 0.5) is 0 Å². The molecule has 0 saturated heterocycles. The van der Waals surface area contributed by atoms with Gasteiger partial charge in [0.2, 0.25) is 0 Å². The Kier molecular flexibility index (Phi) is 3.21. The average molecular weight is 252 g/mol. The standard InChI is InChI=1S/C10H12N4O2S/c1-8-2-4-11-6-9(8)7-13-17(15,16)10-3-5-12-14-10/h2-6,13H,7H2,1H3,(H,12,14). The molecule has 0 aromatic carbocycles. The van der Waals surface area contributed by atoms with Gasteiger partial charge < -0.3 is 0 Å². The molecule has 90 valence electrons. The SMILES string of the molecule is Cc1ccncc1CNS(=O)(=O)c1ccn[nH]1. The molecule has 2 rings (SSSR count). The van der Waals surface area contributed by atoms with Gasteiger partial charge in [-0.25, -0.2) is 13.1 Å². The van der Waals surface area contributed by atoms with Crippen LogP contribution in [0.25, 0.3) is 0 Å². The number of sulfonamides is 1. The molecule has 0 fully saturated rings. The van der Waals surface area contributed by atoms with Crippen molar-refractivity contribution in [3.05, 3.63) is 41.9 Å². The van der Waals surface area contributed by atoms with Crippen LogP contribution in [0.1, 0.15) is 11.1 Å². The summed E-state index contributed by atoms with van der Waals surface area (Å²) >= 11 is 0. The van der Waals surface area contributed by atoms with Crippen molar-refractivity contribution in [1.82, 2.24) is 19.9 Å². The lowest BCUT2D eigenvalue weighted by molar-refractivity contribution is 0.576. The van der Waals surface area contributed by atoms with Gasteiger partial charge in [0.15, 0.2) is 5.03 Å². The van der Waals surface area contributed by atoms with Gasteiger partial charge in [-0.1, -0.05) is 0 Å². The molecule has 17 heavy (non-hydrogen) atoms. The van der Waals surface area contributed by atoms with Gasteiger partial charge in [-0.2, -0.15) is 5.10 Å². The van der Waals surface area contributed by atoms with Gasteiger partial charge >= 0.3 is 0 Å². The Morgan fingerprint density at radius 3 is 2.82 bits per heavy atom. The summed E-state index contributed by atoms with van der Waals surface area (Å²) in [6.45, 7) is 2.11. The van der Waals surface area contributed by atoms with Gasteiger partial charge in [-0.05, 0) is 30.2 Å². The molecule has 0 saturated carbocycles.